The number of amides is 1. The Kier molecular flexibility index (Phi) is 4.08. The zero-order valence-corrected chi connectivity index (χ0v) is 13.0. The maximum absolute atomic E-state index is 12.4. The Morgan fingerprint density at radius 1 is 1.24 bits per heavy atom. The lowest BCUT2D eigenvalue weighted by Gasteiger charge is -2.18. The summed E-state index contributed by atoms with van der Waals surface area (Å²) in [5.74, 6) is -2.05. The summed E-state index contributed by atoms with van der Waals surface area (Å²) >= 11 is 0. The standard InChI is InChI=1S/C17H23NO3/c1-5-12(11-8-6-10(2)7-9-11)18-15(19)13-14(16(20)21)17(13,3)4/h6-9,12-14H,5H2,1-4H3,(H,18,19)(H,20,21)/t12?,13-,14+/m1/s1. The van der Waals surface area contributed by atoms with Crippen LogP contribution in [0.3, 0.4) is 0 Å². The van der Waals surface area contributed by atoms with Crippen LogP contribution in [0.1, 0.15) is 44.4 Å². The van der Waals surface area contributed by atoms with Crippen molar-refractivity contribution in [3.63, 3.8) is 0 Å². The van der Waals surface area contributed by atoms with Gasteiger partial charge in [0.15, 0.2) is 0 Å². The molecular formula is C17H23NO3. The molecular weight excluding hydrogens is 266 g/mol. The lowest BCUT2D eigenvalue weighted by Crippen LogP contribution is -2.31. The van der Waals surface area contributed by atoms with E-state index < -0.39 is 23.2 Å². The van der Waals surface area contributed by atoms with E-state index in [0.29, 0.717) is 0 Å². The lowest BCUT2D eigenvalue weighted by molar-refractivity contribution is -0.140. The average Bonchev–Trinajstić information content (AvgIpc) is 3.00. The highest BCUT2D eigenvalue weighted by Gasteiger charge is 2.65. The van der Waals surface area contributed by atoms with Crippen LogP contribution in [0, 0.1) is 24.2 Å². The van der Waals surface area contributed by atoms with Gasteiger partial charge in [0.05, 0.1) is 17.9 Å². The number of hydrogen-bond donors (Lipinski definition) is 2. The fourth-order valence-electron chi connectivity index (χ4n) is 3.07. The van der Waals surface area contributed by atoms with Gasteiger partial charge in [-0.25, -0.2) is 0 Å². The largest absolute Gasteiger partial charge is 0.481 e. The van der Waals surface area contributed by atoms with Crippen molar-refractivity contribution in [1.82, 2.24) is 5.32 Å². The van der Waals surface area contributed by atoms with Crippen molar-refractivity contribution in [3.8, 4) is 0 Å². The molecule has 1 aromatic carbocycles. The smallest absolute Gasteiger partial charge is 0.307 e. The molecule has 1 unspecified atom stereocenters. The van der Waals surface area contributed by atoms with E-state index in [4.69, 9.17) is 5.11 Å². The van der Waals surface area contributed by atoms with Crippen LogP contribution in [0.15, 0.2) is 24.3 Å². The van der Waals surface area contributed by atoms with E-state index >= 15 is 0 Å². The van der Waals surface area contributed by atoms with Gasteiger partial charge < -0.3 is 10.4 Å². The van der Waals surface area contributed by atoms with E-state index in [0.717, 1.165) is 12.0 Å². The minimum absolute atomic E-state index is 0.0658. The molecule has 1 fully saturated rings. The first kappa shape index (κ1) is 15.5. The molecule has 2 N–H and O–H groups in total. The van der Waals surface area contributed by atoms with Gasteiger partial charge in [-0.15, -0.1) is 0 Å². The molecule has 2 rings (SSSR count). The van der Waals surface area contributed by atoms with Gasteiger partial charge in [0.25, 0.3) is 0 Å². The van der Waals surface area contributed by atoms with Gasteiger partial charge in [0.2, 0.25) is 5.91 Å². The zero-order chi connectivity index (χ0) is 15.8. The molecule has 0 aliphatic heterocycles. The van der Waals surface area contributed by atoms with Gasteiger partial charge in [0, 0.05) is 0 Å². The van der Waals surface area contributed by atoms with E-state index in [1.54, 1.807) is 0 Å². The van der Waals surface area contributed by atoms with Crippen molar-refractivity contribution in [2.24, 2.45) is 17.3 Å². The number of carboxylic acids is 1. The van der Waals surface area contributed by atoms with Crippen LogP contribution in [-0.4, -0.2) is 17.0 Å². The minimum atomic E-state index is -0.886. The third kappa shape index (κ3) is 2.94. The van der Waals surface area contributed by atoms with Crippen LogP contribution in [0.25, 0.3) is 0 Å². The van der Waals surface area contributed by atoms with Crippen molar-refractivity contribution >= 4 is 11.9 Å². The molecule has 0 radical (unpaired) electrons. The summed E-state index contributed by atoms with van der Waals surface area (Å²) in [6.07, 6.45) is 0.777. The molecule has 1 saturated carbocycles. The fraction of sp³-hybridized carbons (Fsp3) is 0.529. The summed E-state index contributed by atoms with van der Waals surface area (Å²) in [6.45, 7) is 7.71. The van der Waals surface area contributed by atoms with Gasteiger partial charge in [-0.3, -0.25) is 9.59 Å². The number of aryl methyl sites for hydroxylation is 1. The van der Waals surface area contributed by atoms with Crippen LogP contribution in [-0.2, 0) is 9.59 Å². The predicted octanol–water partition coefficient (Wildman–Crippen LogP) is 2.92. The Bertz CT molecular complexity index is 548. The number of carbonyl (C=O) groups is 2. The molecule has 21 heavy (non-hydrogen) atoms. The topological polar surface area (TPSA) is 66.4 Å². The third-order valence-electron chi connectivity index (χ3n) is 4.58. The second-order valence-corrected chi connectivity index (χ2v) is 6.50. The lowest BCUT2D eigenvalue weighted by atomic mass is 10.0. The summed E-state index contributed by atoms with van der Waals surface area (Å²) in [4.78, 5) is 23.5. The monoisotopic (exact) mass is 289 g/mol. The number of carbonyl (C=O) groups excluding carboxylic acids is 1. The second-order valence-electron chi connectivity index (χ2n) is 6.50. The van der Waals surface area contributed by atoms with E-state index in [2.05, 4.69) is 5.32 Å². The molecule has 114 valence electrons. The molecule has 1 aromatic rings. The quantitative estimate of drug-likeness (QED) is 0.876. The average molecular weight is 289 g/mol. The number of nitrogens with one attached hydrogen (secondary N) is 1. The van der Waals surface area contributed by atoms with Crippen molar-refractivity contribution in [3.05, 3.63) is 35.4 Å². The van der Waals surface area contributed by atoms with Crippen LogP contribution in [0.5, 0.6) is 0 Å². The van der Waals surface area contributed by atoms with Crippen LogP contribution in [0.4, 0.5) is 0 Å². The SMILES string of the molecule is CCC(NC(=O)[C@H]1[C@@H](C(=O)O)C1(C)C)c1ccc(C)cc1. The highest BCUT2D eigenvalue weighted by atomic mass is 16.4. The minimum Gasteiger partial charge on any atom is -0.481 e. The van der Waals surface area contributed by atoms with Crippen molar-refractivity contribution in [2.45, 2.75) is 40.2 Å². The first-order chi connectivity index (χ1) is 9.78. The molecule has 4 heteroatoms. The van der Waals surface area contributed by atoms with Gasteiger partial charge >= 0.3 is 5.97 Å². The van der Waals surface area contributed by atoms with E-state index in [-0.39, 0.29) is 11.9 Å². The Balaban J connectivity index is 2.08. The summed E-state index contributed by atoms with van der Waals surface area (Å²) in [5.41, 5.74) is 1.78. The van der Waals surface area contributed by atoms with Gasteiger partial charge in [0.1, 0.15) is 0 Å². The van der Waals surface area contributed by atoms with Crippen LogP contribution in [0.2, 0.25) is 0 Å². The Morgan fingerprint density at radius 2 is 1.81 bits per heavy atom. The summed E-state index contributed by atoms with van der Waals surface area (Å²) in [7, 11) is 0. The molecule has 3 atom stereocenters. The first-order valence-electron chi connectivity index (χ1n) is 7.38. The van der Waals surface area contributed by atoms with Crippen molar-refractivity contribution < 1.29 is 14.7 Å². The Morgan fingerprint density at radius 3 is 2.24 bits per heavy atom. The van der Waals surface area contributed by atoms with E-state index in [1.807, 2.05) is 52.0 Å². The van der Waals surface area contributed by atoms with Gasteiger partial charge in [-0.2, -0.15) is 0 Å². The number of aliphatic carboxylic acids is 1. The Hall–Kier alpha value is -1.84. The highest BCUT2D eigenvalue weighted by Crippen LogP contribution is 2.58. The zero-order valence-electron chi connectivity index (χ0n) is 13.0. The number of benzene rings is 1. The number of hydrogen-bond acceptors (Lipinski definition) is 2. The molecule has 0 heterocycles. The second kappa shape index (κ2) is 5.51. The fourth-order valence-corrected chi connectivity index (χ4v) is 3.07. The number of carboxylic acid groups (broad SMARTS) is 1. The highest BCUT2D eigenvalue weighted by molar-refractivity contribution is 5.91. The molecule has 0 aromatic heterocycles. The van der Waals surface area contributed by atoms with Gasteiger partial charge in [-0.1, -0.05) is 50.6 Å². The van der Waals surface area contributed by atoms with E-state index in [9.17, 15) is 9.59 Å². The Labute approximate surface area is 125 Å². The molecule has 1 amide bonds. The predicted molar refractivity (Wildman–Crippen MR) is 80.8 cm³/mol. The first-order valence-corrected chi connectivity index (χ1v) is 7.38. The summed E-state index contributed by atoms with van der Waals surface area (Å²) < 4.78 is 0. The summed E-state index contributed by atoms with van der Waals surface area (Å²) in [5, 5.41) is 12.2. The van der Waals surface area contributed by atoms with Crippen LogP contribution < -0.4 is 5.32 Å². The molecule has 0 saturated heterocycles. The maximum atomic E-state index is 12.4. The third-order valence-corrected chi connectivity index (χ3v) is 4.58. The normalized spacial score (nSPS) is 24.2. The molecule has 1 aliphatic carbocycles. The number of rotatable bonds is 5. The van der Waals surface area contributed by atoms with Crippen molar-refractivity contribution in [1.29, 1.82) is 0 Å². The molecule has 1 aliphatic rings. The van der Waals surface area contributed by atoms with Gasteiger partial charge in [-0.05, 0) is 24.3 Å². The van der Waals surface area contributed by atoms with E-state index in [1.165, 1.54) is 5.56 Å². The summed E-state index contributed by atoms with van der Waals surface area (Å²) in [6, 6.07) is 7.99. The van der Waals surface area contributed by atoms with Crippen molar-refractivity contribution in [2.75, 3.05) is 0 Å². The van der Waals surface area contributed by atoms with Crippen LogP contribution >= 0.6 is 0 Å². The molecule has 0 bridgehead atoms. The molecule has 0 spiro atoms. The molecule has 4 nitrogen and oxygen atoms in total. The maximum Gasteiger partial charge on any atom is 0.307 e.